The van der Waals surface area contributed by atoms with E-state index < -0.39 is 0 Å². The predicted octanol–water partition coefficient (Wildman–Crippen LogP) is 2.73. The van der Waals surface area contributed by atoms with Crippen molar-refractivity contribution in [2.45, 2.75) is 33.2 Å². The molecule has 0 saturated carbocycles. The van der Waals surface area contributed by atoms with Crippen molar-refractivity contribution in [3.63, 3.8) is 0 Å². The summed E-state index contributed by atoms with van der Waals surface area (Å²) in [5, 5.41) is 14.5. The lowest BCUT2D eigenvalue weighted by molar-refractivity contribution is 0.976. The first kappa shape index (κ1) is 11.5. The fraction of sp³-hybridized carbons (Fsp3) is 0.500. The number of anilines is 1. The Balaban J connectivity index is 1.91. The summed E-state index contributed by atoms with van der Waals surface area (Å²) in [6.07, 6.45) is 3.88. The SMILES string of the molecule is CCc1ncc(CNc2nnc(CC)s2)s1. The minimum absolute atomic E-state index is 0.788. The Morgan fingerprint density at radius 3 is 2.56 bits per heavy atom. The maximum absolute atomic E-state index is 4.31. The molecule has 0 aromatic carbocycles. The molecule has 86 valence electrons. The first-order valence-corrected chi connectivity index (χ1v) is 6.95. The van der Waals surface area contributed by atoms with Crippen LogP contribution in [0, 0.1) is 0 Å². The number of hydrogen-bond acceptors (Lipinski definition) is 6. The van der Waals surface area contributed by atoms with Gasteiger partial charge in [-0.2, -0.15) is 0 Å². The van der Waals surface area contributed by atoms with Crippen LogP contribution < -0.4 is 5.32 Å². The van der Waals surface area contributed by atoms with E-state index in [2.05, 4.69) is 34.3 Å². The summed E-state index contributed by atoms with van der Waals surface area (Å²) in [5.41, 5.74) is 0. The van der Waals surface area contributed by atoms with E-state index in [4.69, 9.17) is 0 Å². The van der Waals surface area contributed by atoms with Crippen molar-refractivity contribution < 1.29 is 0 Å². The first-order chi connectivity index (χ1) is 7.81. The summed E-state index contributed by atoms with van der Waals surface area (Å²) in [6.45, 7) is 4.99. The van der Waals surface area contributed by atoms with Crippen LogP contribution in [0.25, 0.3) is 0 Å². The van der Waals surface area contributed by atoms with Crippen LogP contribution in [0.2, 0.25) is 0 Å². The summed E-state index contributed by atoms with van der Waals surface area (Å²) >= 11 is 3.36. The van der Waals surface area contributed by atoms with E-state index in [9.17, 15) is 0 Å². The fourth-order valence-corrected chi connectivity index (χ4v) is 2.70. The highest BCUT2D eigenvalue weighted by molar-refractivity contribution is 7.15. The number of aromatic nitrogens is 3. The smallest absolute Gasteiger partial charge is 0.205 e. The standard InChI is InChI=1S/C10H14N4S2/c1-3-8-11-5-7(15-8)6-12-10-14-13-9(4-2)16-10/h5H,3-4,6H2,1-2H3,(H,12,14). The van der Waals surface area contributed by atoms with Crippen molar-refractivity contribution in [3.05, 3.63) is 21.1 Å². The zero-order valence-electron chi connectivity index (χ0n) is 9.36. The molecule has 0 aliphatic heterocycles. The Morgan fingerprint density at radius 1 is 1.12 bits per heavy atom. The molecule has 2 rings (SSSR count). The lowest BCUT2D eigenvalue weighted by Gasteiger charge is -1.96. The average molecular weight is 254 g/mol. The van der Waals surface area contributed by atoms with Crippen molar-refractivity contribution in [2.75, 3.05) is 5.32 Å². The van der Waals surface area contributed by atoms with Crippen molar-refractivity contribution in [3.8, 4) is 0 Å². The number of hydrogen-bond donors (Lipinski definition) is 1. The summed E-state index contributed by atoms with van der Waals surface area (Å²) in [7, 11) is 0. The van der Waals surface area contributed by atoms with Crippen molar-refractivity contribution in [1.82, 2.24) is 15.2 Å². The zero-order chi connectivity index (χ0) is 11.4. The topological polar surface area (TPSA) is 50.7 Å². The van der Waals surface area contributed by atoms with Crippen LogP contribution in [0.4, 0.5) is 5.13 Å². The molecule has 4 nitrogen and oxygen atoms in total. The monoisotopic (exact) mass is 254 g/mol. The predicted molar refractivity (Wildman–Crippen MR) is 68.1 cm³/mol. The molecule has 2 aromatic rings. The molecule has 2 aromatic heterocycles. The third-order valence-corrected chi connectivity index (χ3v) is 4.25. The second-order valence-electron chi connectivity index (χ2n) is 3.28. The quantitative estimate of drug-likeness (QED) is 0.891. The summed E-state index contributed by atoms with van der Waals surface area (Å²) in [4.78, 5) is 5.56. The van der Waals surface area contributed by atoms with Gasteiger partial charge in [-0.15, -0.1) is 21.5 Å². The van der Waals surface area contributed by atoms with Gasteiger partial charge in [0, 0.05) is 11.1 Å². The maximum Gasteiger partial charge on any atom is 0.205 e. The van der Waals surface area contributed by atoms with Gasteiger partial charge in [-0.1, -0.05) is 25.2 Å². The molecule has 0 amide bonds. The summed E-state index contributed by atoms with van der Waals surface area (Å²) < 4.78 is 0. The Labute approximate surface area is 103 Å². The molecule has 1 N–H and O–H groups in total. The minimum atomic E-state index is 0.788. The molecule has 0 aliphatic rings. The van der Waals surface area contributed by atoms with E-state index >= 15 is 0 Å². The molecular formula is C10H14N4S2. The molecule has 2 heterocycles. The van der Waals surface area contributed by atoms with E-state index in [1.165, 1.54) is 9.88 Å². The molecule has 0 aliphatic carbocycles. The molecule has 0 saturated heterocycles. The van der Waals surface area contributed by atoms with E-state index in [-0.39, 0.29) is 0 Å². The number of rotatable bonds is 5. The molecule has 16 heavy (non-hydrogen) atoms. The Hall–Kier alpha value is -1.01. The van der Waals surface area contributed by atoms with Crippen molar-refractivity contribution >= 4 is 27.8 Å². The highest BCUT2D eigenvalue weighted by Gasteiger charge is 2.03. The van der Waals surface area contributed by atoms with Gasteiger partial charge in [-0.25, -0.2) is 4.98 Å². The fourth-order valence-electron chi connectivity index (χ4n) is 1.22. The zero-order valence-corrected chi connectivity index (χ0v) is 11.0. The van der Waals surface area contributed by atoms with Gasteiger partial charge in [0.05, 0.1) is 11.6 Å². The van der Waals surface area contributed by atoms with Gasteiger partial charge in [0.15, 0.2) is 0 Å². The maximum atomic E-state index is 4.31. The largest absolute Gasteiger partial charge is 0.355 e. The number of nitrogens with one attached hydrogen (secondary N) is 1. The number of aryl methyl sites for hydroxylation is 2. The Morgan fingerprint density at radius 2 is 1.94 bits per heavy atom. The molecule has 0 bridgehead atoms. The van der Waals surface area contributed by atoms with E-state index in [1.807, 2.05) is 6.20 Å². The van der Waals surface area contributed by atoms with Crippen LogP contribution in [-0.2, 0) is 19.4 Å². The van der Waals surface area contributed by atoms with Gasteiger partial charge < -0.3 is 5.32 Å². The average Bonchev–Trinajstić information content (AvgIpc) is 2.95. The molecule has 0 spiro atoms. The Bertz CT molecular complexity index is 407. The van der Waals surface area contributed by atoms with E-state index in [1.54, 1.807) is 22.7 Å². The van der Waals surface area contributed by atoms with Gasteiger partial charge >= 0.3 is 0 Å². The van der Waals surface area contributed by atoms with Gasteiger partial charge in [-0.3, -0.25) is 0 Å². The van der Waals surface area contributed by atoms with Crippen LogP contribution in [0.5, 0.6) is 0 Å². The Kier molecular flexibility index (Phi) is 3.84. The van der Waals surface area contributed by atoms with E-state index in [0.29, 0.717) is 0 Å². The second kappa shape index (κ2) is 5.36. The van der Waals surface area contributed by atoms with Crippen LogP contribution in [-0.4, -0.2) is 15.2 Å². The first-order valence-electron chi connectivity index (χ1n) is 5.31. The third kappa shape index (κ3) is 2.76. The van der Waals surface area contributed by atoms with Crippen LogP contribution in [0.15, 0.2) is 6.20 Å². The molecule has 0 atom stereocenters. The highest BCUT2D eigenvalue weighted by Crippen LogP contribution is 2.18. The molecule has 0 radical (unpaired) electrons. The normalized spacial score (nSPS) is 10.6. The van der Waals surface area contributed by atoms with E-state index in [0.717, 1.165) is 29.5 Å². The second-order valence-corrected chi connectivity index (χ2v) is 5.54. The van der Waals surface area contributed by atoms with Crippen molar-refractivity contribution in [1.29, 1.82) is 0 Å². The van der Waals surface area contributed by atoms with Crippen molar-refractivity contribution in [2.24, 2.45) is 0 Å². The number of thiazole rings is 1. The lowest BCUT2D eigenvalue weighted by atomic mass is 10.5. The van der Waals surface area contributed by atoms with Gasteiger partial charge in [0.2, 0.25) is 5.13 Å². The highest BCUT2D eigenvalue weighted by atomic mass is 32.1. The molecule has 6 heteroatoms. The summed E-state index contributed by atoms with van der Waals surface area (Å²) in [6, 6.07) is 0. The minimum Gasteiger partial charge on any atom is -0.355 e. The lowest BCUT2D eigenvalue weighted by Crippen LogP contribution is -1.96. The van der Waals surface area contributed by atoms with Crippen LogP contribution in [0.3, 0.4) is 0 Å². The van der Waals surface area contributed by atoms with Crippen LogP contribution >= 0.6 is 22.7 Å². The third-order valence-electron chi connectivity index (χ3n) is 2.09. The van der Waals surface area contributed by atoms with Gasteiger partial charge in [0.1, 0.15) is 5.01 Å². The van der Waals surface area contributed by atoms with Gasteiger partial charge in [0.25, 0.3) is 0 Å². The molecule has 0 fully saturated rings. The molecule has 0 unspecified atom stereocenters. The summed E-state index contributed by atoms with van der Waals surface area (Å²) in [5.74, 6) is 0. The number of nitrogens with zero attached hydrogens (tertiary/aromatic N) is 3. The molecular weight excluding hydrogens is 240 g/mol. The van der Waals surface area contributed by atoms with Gasteiger partial charge in [-0.05, 0) is 12.8 Å². The van der Waals surface area contributed by atoms with Crippen LogP contribution in [0.1, 0.15) is 28.7 Å².